The van der Waals surface area contributed by atoms with Gasteiger partial charge in [0.15, 0.2) is 0 Å². The third kappa shape index (κ3) is 2.68. The molecule has 0 aliphatic carbocycles. The number of hydrogen-bond acceptors (Lipinski definition) is 7. The molecule has 1 aromatic carbocycles. The van der Waals surface area contributed by atoms with E-state index in [0.29, 0.717) is 5.69 Å². The lowest BCUT2D eigenvalue weighted by Crippen LogP contribution is -2.01. The van der Waals surface area contributed by atoms with E-state index < -0.39 is 5.82 Å². The highest BCUT2D eigenvalue weighted by atomic mass is 19.1. The molecule has 0 amide bonds. The topological polar surface area (TPSA) is 116 Å². The van der Waals surface area contributed by atoms with Crippen LogP contribution in [-0.2, 0) is 0 Å². The molecule has 1 aromatic heterocycles. The van der Waals surface area contributed by atoms with E-state index in [9.17, 15) is 4.39 Å². The first kappa shape index (κ1) is 12.1. The normalized spacial score (nSPS) is 9.21. The molecule has 8 nitrogen and oxygen atoms in total. The number of nitrogens with zero attached hydrogens (tertiary/aromatic N) is 7. The van der Waals surface area contributed by atoms with Crippen LogP contribution in [0.15, 0.2) is 29.6 Å². The molecular weight excluding hydrogens is 251 g/mol. The fourth-order valence-electron chi connectivity index (χ4n) is 1.22. The number of anilines is 1. The van der Waals surface area contributed by atoms with Gasteiger partial charge in [-0.2, -0.15) is 20.3 Å². The number of nitrogens with one attached hydrogen (secondary N) is 1. The molecule has 0 radical (unpaired) electrons. The van der Waals surface area contributed by atoms with Crippen LogP contribution in [0.2, 0.25) is 0 Å². The first-order valence-corrected chi connectivity index (χ1v) is 4.91. The molecule has 9 heteroatoms. The van der Waals surface area contributed by atoms with Crippen LogP contribution in [0.5, 0.6) is 0 Å². The largest absolute Gasteiger partial charge is 0.276 e. The van der Waals surface area contributed by atoms with Crippen molar-refractivity contribution in [3.8, 4) is 17.8 Å². The quantitative estimate of drug-likeness (QED) is 0.635. The van der Waals surface area contributed by atoms with Crippen LogP contribution < -0.4 is 5.43 Å². The van der Waals surface area contributed by atoms with E-state index in [1.165, 1.54) is 24.5 Å². The molecule has 0 aliphatic rings. The number of tetrazole rings is 1. The van der Waals surface area contributed by atoms with Crippen molar-refractivity contribution in [2.45, 2.75) is 0 Å². The third-order valence-corrected chi connectivity index (χ3v) is 2.05. The van der Waals surface area contributed by atoms with Crippen molar-refractivity contribution in [1.29, 1.82) is 10.5 Å². The van der Waals surface area contributed by atoms with E-state index in [2.05, 4.69) is 26.1 Å². The van der Waals surface area contributed by atoms with Crippen LogP contribution in [0.25, 0.3) is 5.69 Å². The Labute approximate surface area is 106 Å². The van der Waals surface area contributed by atoms with Crippen molar-refractivity contribution < 1.29 is 4.39 Å². The zero-order valence-corrected chi connectivity index (χ0v) is 9.32. The van der Waals surface area contributed by atoms with E-state index in [4.69, 9.17) is 10.5 Å². The van der Waals surface area contributed by atoms with Crippen molar-refractivity contribution in [1.82, 2.24) is 20.2 Å². The van der Waals surface area contributed by atoms with Crippen molar-refractivity contribution in [2.75, 3.05) is 5.43 Å². The summed E-state index contributed by atoms with van der Waals surface area (Å²) in [5.74, 6) is -0.525. The maximum absolute atomic E-state index is 13.6. The van der Waals surface area contributed by atoms with Crippen molar-refractivity contribution in [2.24, 2.45) is 5.10 Å². The van der Waals surface area contributed by atoms with Gasteiger partial charge < -0.3 is 0 Å². The fourth-order valence-corrected chi connectivity index (χ4v) is 1.22. The van der Waals surface area contributed by atoms with Gasteiger partial charge in [0, 0.05) is 0 Å². The average Bonchev–Trinajstić information content (AvgIpc) is 2.95. The summed E-state index contributed by atoms with van der Waals surface area (Å²) in [6, 6.07) is 7.16. The molecule has 2 rings (SSSR count). The lowest BCUT2D eigenvalue weighted by molar-refractivity contribution is 0.607. The third-order valence-electron chi connectivity index (χ3n) is 2.05. The standard InChI is InChI=1S/C10H5FN8/c11-9-2-1-7(15-16-8(4-12)5-13)3-10(9)19-6-14-17-18-19/h1-3,6,15H. The van der Waals surface area contributed by atoms with Crippen LogP contribution in [0.1, 0.15) is 0 Å². The summed E-state index contributed by atoms with van der Waals surface area (Å²) < 4.78 is 14.7. The second kappa shape index (κ2) is 5.33. The average molecular weight is 256 g/mol. The van der Waals surface area contributed by atoms with Gasteiger partial charge in [0.05, 0.1) is 5.69 Å². The van der Waals surface area contributed by atoms with Gasteiger partial charge in [0.25, 0.3) is 0 Å². The minimum absolute atomic E-state index is 0.112. The van der Waals surface area contributed by atoms with E-state index in [1.54, 1.807) is 12.1 Å². The van der Waals surface area contributed by atoms with Crippen molar-refractivity contribution in [3.05, 3.63) is 30.3 Å². The Morgan fingerprint density at radius 2 is 2.16 bits per heavy atom. The SMILES string of the molecule is N#CC(C#N)=NNc1ccc(F)c(-n2cnnn2)c1. The van der Waals surface area contributed by atoms with Gasteiger partial charge in [-0.3, -0.25) is 5.43 Å². The van der Waals surface area contributed by atoms with Gasteiger partial charge >= 0.3 is 0 Å². The van der Waals surface area contributed by atoms with Crippen LogP contribution in [0.3, 0.4) is 0 Å². The Balaban J connectivity index is 2.31. The molecule has 0 spiro atoms. The maximum Gasteiger partial charge on any atom is 0.237 e. The Kier molecular flexibility index (Phi) is 3.41. The predicted molar refractivity (Wildman–Crippen MR) is 61.4 cm³/mol. The minimum atomic E-state index is -0.525. The summed E-state index contributed by atoms with van der Waals surface area (Å²) in [4.78, 5) is 0. The Bertz CT molecular complexity index is 675. The molecule has 19 heavy (non-hydrogen) atoms. The van der Waals surface area contributed by atoms with Crippen LogP contribution in [0.4, 0.5) is 10.1 Å². The van der Waals surface area contributed by atoms with Gasteiger partial charge in [0.1, 0.15) is 30.0 Å². The Hall–Kier alpha value is -3.33. The smallest absolute Gasteiger partial charge is 0.237 e. The molecule has 0 saturated carbocycles. The van der Waals surface area contributed by atoms with Gasteiger partial charge in [-0.25, -0.2) is 4.39 Å². The zero-order valence-electron chi connectivity index (χ0n) is 9.32. The minimum Gasteiger partial charge on any atom is -0.276 e. The first-order chi connectivity index (χ1) is 9.24. The molecule has 0 bridgehead atoms. The number of halogens is 1. The first-order valence-electron chi connectivity index (χ1n) is 4.91. The summed E-state index contributed by atoms with van der Waals surface area (Å²) in [7, 11) is 0. The molecule has 1 heterocycles. The molecule has 0 unspecified atom stereocenters. The lowest BCUT2D eigenvalue weighted by atomic mass is 10.2. The lowest BCUT2D eigenvalue weighted by Gasteiger charge is -2.04. The number of hydrogen-bond donors (Lipinski definition) is 1. The molecular formula is C10H5FN8. The number of nitriles is 2. The molecule has 0 saturated heterocycles. The van der Waals surface area contributed by atoms with E-state index in [-0.39, 0.29) is 11.4 Å². The fraction of sp³-hybridized carbons (Fsp3) is 0. The highest BCUT2D eigenvalue weighted by Gasteiger charge is 2.07. The highest BCUT2D eigenvalue weighted by Crippen LogP contribution is 2.17. The van der Waals surface area contributed by atoms with Gasteiger partial charge in [-0.05, 0) is 28.6 Å². The summed E-state index contributed by atoms with van der Waals surface area (Å²) in [5.41, 5.74) is 2.63. The van der Waals surface area contributed by atoms with Crippen molar-refractivity contribution >= 4 is 11.4 Å². The van der Waals surface area contributed by atoms with E-state index in [0.717, 1.165) is 4.68 Å². The Morgan fingerprint density at radius 1 is 1.37 bits per heavy atom. The highest BCUT2D eigenvalue weighted by molar-refractivity contribution is 6.10. The number of rotatable bonds is 3. The predicted octanol–water partition coefficient (Wildman–Crippen LogP) is 0.616. The summed E-state index contributed by atoms with van der Waals surface area (Å²) >= 11 is 0. The van der Waals surface area contributed by atoms with E-state index >= 15 is 0 Å². The van der Waals surface area contributed by atoms with Crippen LogP contribution >= 0.6 is 0 Å². The monoisotopic (exact) mass is 256 g/mol. The summed E-state index contributed by atoms with van der Waals surface area (Å²) in [6.45, 7) is 0. The summed E-state index contributed by atoms with van der Waals surface area (Å²) in [6.07, 6.45) is 1.24. The number of aromatic nitrogens is 4. The van der Waals surface area contributed by atoms with Crippen LogP contribution in [-0.4, -0.2) is 25.9 Å². The second-order valence-corrected chi connectivity index (χ2v) is 3.22. The number of hydrazone groups is 1. The second-order valence-electron chi connectivity index (χ2n) is 3.22. The summed E-state index contributed by atoms with van der Waals surface area (Å²) in [5, 5.41) is 30.9. The van der Waals surface area contributed by atoms with Gasteiger partial charge in [0.2, 0.25) is 5.71 Å². The maximum atomic E-state index is 13.6. The molecule has 2 aromatic rings. The zero-order chi connectivity index (χ0) is 13.7. The van der Waals surface area contributed by atoms with Crippen LogP contribution in [0, 0.1) is 28.5 Å². The molecule has 1 N–H and O–H groups in total. The van der Waals surface area contributed by atoms with E-state index in [1.807, 2.05) is 0 Å². The van der Waals surface area contributed by atoms with Crippen molar-refractivity contribution in [3.63, 3.8) is 0 Å². The number of benzene rings is 1. The Morgan fingerprint density at radius 3 is 2.79 bits per heavy atom. The molecule has 0 atom stereocenters. The van der Waals surface area contributed by atoms with Gasteiger partial charge in [-0.1, -0.05) is 0 Å². The molecule has 0 fully saturated rings. The molecule has 0 aliphatic heterocycles. The van der Waals surface area contributed by atoms with Gasteiger partial charge in [-0.15, -0.1) is 5.10 Å². The molecule has 92 valence electrons.